The Morgan fingerprint density at radius 2 is 1.24 bits per heavy atom. The zero-order chi connectivity index (χ0) is 15.4. The zero-order valence-electron chi connectivity index (χ0n) is 14.7. The van der Waals surface area contributed by atoms with Crippen LogP contribution < -0.4 is 12.4 Å². The first-order chi connectivity index (χ1) is 9.41. The van der Waals surface area contributed by atoms with E-state index in [2.05, 4.69) is 13.5 Å². The van der Waals surface area contributed by atoms with E-state index in [4.69, 9.17) is 0 Å². The number of likely N-dealkylation sites (N-methyl/N-ethyl adjacent to an activating group) is 1. The van der Waals surface area contributed by atoms with Gasteiger partial charge in [-0.3, -0.25) is 4.48 Å². The third-order valence-electron chi connectivity index (χ3n) is 3.99. The minimum atomic E-state index is 0. The molecule has 0 atom stereocenters. The summed E-state index contributed by atoms with van der Waals surface area (Å²) in [6.45, 7) is 8.76. The molecule has 21 heavy (non-hydrogen) atoms. The molecule has 3 heteroatoms. The molecule has 0 N–H and O–H groups in total. The second-order valence-corrected chi connectivity index (χ2v) is 6.68. The number of amides is 1. The highest BCUT2D eigenvalue weighted by molar-refractivity contribution is 5.86. The van der Waals surface area contributed by atoms with Gasteiger partial charge in [-0.1, -0.05) is 64.9 Å². The molecule has 0 bridgehead atoms. The van der Waals surface area contributed by atoms with Gasteiger partial charge in [0.25, 0.3) is 0 Å². The lowest BCUT2D eigenvalue weighted by Gasteiger charge is -2.26. The van der Waals surface area contributed by atoms with E-state index in [1.165, 1.54) is 57.8 Å². The summed E-state index contributed by atoms with van der Waals surface area (Å²) in [5.74, 6) is 0.168. The Hall–Kier alpha value is -0.340. The van der Waals surface area contributed by atoms with Crippen molar-refractivity contribution in [2.75, 3.05) is 20.6 Å². The molecule has 0 aliphatic heterocycles. The number of hydrogen-bond acceptors (Lipinski definition) is 1. The van der Waals surface area contributed by atoms with Gasteiger partial charge in [-0.25, -0.2) is 4.79 Å². The van der Waals surface area contributed by atoms with Crippen LogP contribution in [0.15, 0.2) is 12.2 Å². The van der Waals surface area contributed by atoms with Crippen molar-refractivity contribution in [1.82, 2.24) is 0 Å². The molecule has 0 rings (SSSR count). The zero-order valence-corrected chi connectivity index (χ0v) is 15.5. The van der Waals surface area contributed by atoms with Crippen LogP contribution in [0.5, 0.6) is 0 Å². The molecule has 1 amide bonds. The molecular formula is C18H36ClNO. The molecular weight excluding hydrogens is 282 g/mol. The molecule has 0 fully saturated rings. The molecule has 0 aliphatic carbocycles. The van der Waals surface area contributed by atoms with E-state index in [9.17, 15) is 4.79 Å². The Bertz CT molecular complexity index is 287. The summed E-state index contributed by atoms with van der Waals surface area (Å²) < 4.78 is 0.451. The van der Waals surface area contributed by atoms with E-state index >= 15 is 0 Å². The van der Waals surface area contributed by atoms with Gasteiger partial charge in [-0.15, -0.1) is 0 Å². The van der Waals surface area contributed by atoms with Gasteiger partial charge in [0.2, 0.25) is 0 Å². The van der Waals surface area contributed by atoms with Crippen molar-refractivity contribution in [3.63, 3.8) is 0 Å². The van der Waals surface area contributed by atoms with Crippen LogP contribution in [-0.4, -0.2) is 31.0 Å². The van der Waals surface area contributed by atoms with Gasteiger partial charge >= 0.3 is 5.91 Å². The Labute approximate surface area is 139 Å². The van der Waals surface area contributed by atoms with Gasteiger partial charge < -0.3 is 12.4 Å². The van der Waals surface area contributed by atoms with Gasteiger partial charge in [0.1, 0.15) is 0 Å². The molecule has 0 aromatic heterocycles. The highest BCUT2D eigenvalue weighted by Gasteiger charge is 2.25. The molecule has 0 spiro atoms. The molecule has 0 saturated carbocycles. The third kappa shape index (κ3) is 11.9. The summed E-state index contributed by atoms with van der Waals surface area (Å²) in [6, 6.07) is 0. The molecule has 2 nitrogen and oxygen atoms in total. The highest BCUT2D eigenvalue weighted by Crippen LogP contribution is 2.12. The van der Waals surface area contributed by atoms with Crippen LogP contribution in [0.1, 0.15) is 78.1 Å². The topological polar surface area (TPSA) is 17.1 Å². The van der Waals surface area contributed by atoms with Crippen LogP contribution in [0.4, 0.5) is 0 Å². The summed E-state index contributed by atoms with van der Waals surface area (Å²) in [7, 11) is 3.98. The van der Waals surface area contributed by atoms with E-state index in [0.29, 0.717) is 10.1 Å². The number of carbonyl (C=O) groups excluding carboxylic acids is 1. The summed E-state index contributed by atoms with van der Waals surface area (Å²) >= 11 is 0. The summed E-state index contributed by atoms with van der Waals surface area (Å²) in [5, 5.41) is 0. The maximum Gasteiger partial charge on any atom is 0.340 e. The molecule has 0 unspecified atom stereocenters. The fourth-order valence-corrected chi connectivity index (χ4v) is 2.61. The molecule has 0 aromatic rings. The Kier molecular flexibility index (Phi) is 14.6. The fourth-order valence-electron chi connectivity index (χ4n) is 2.61. The van der Waals surface area contributed by atoms with Gasteiger partial charge in [-0.05, 0) is 19.8 Å². The average molecular weight is 318 g/mol. The SMILES string of the molecule is C=C(C)C(=O)[N+](C)(C)CCCCCCCCCCCC.[Cl-]. The van der Waals surface area contributed by atoms with E-state index in [0.717, 1.165) is 13.0 Å². The standard InChI is InChI=1S/C18H36NO.ClH/c1-6-7-8-9-10-11-12-13-14-15-16-19(4,5)18(20)17(2)3;/h2,6-16H2,1,3-5H3;1H/q+1;/p-1. The molecule has 0 saturated heterocycles. The first-order valence-electron chi connectivity index (χ1n) is 8.45. The quantitative estimate of drug-likeness (QED) is 0.306. The van der Waals surface area contributed by atoms with Crippen LogP contribution in [0.2, 0.25) is 0 Å². The number of hydrogen-bond donors (Lipinski definition) is 0. The number of unbranched alkanes of at least 4 members (excludes halogenated alkanes) is 9. The van der Waals surface area contributed by atoms with Gasteiger partial charge in [0.05, 0.1) is 20.6 Å². The number of nitrogens with zero attached hydrogens (tertiary/aromatic N) is 1. The van der Waals surface area contributed by atoms with E-state index < -0.39 is 0 Å². The minimum absolute atomic E-state index is 0. The van der Waals surface area contributed by atoms with Crippen molar-refractivity contribution >= 4 is 5.91 Å². The predicted octanol–water partition coefficient (Wildman–Crippen LogP) is 2.09. The molecule has 0 aliphatic rings. The first kappa shape index (κ1) is 22.9. The largest absolute Gasteiger partial charge is 1.00 e. The van der Waals surface area contributed by atoms with E-state index in [1.54, 1.807) is 6.92 Å². The van der Waals surface area contributed by atoms with Crippen LogP contribution in [0.25, 0.3) is 0 Å². The van der Waals surface area contributed by atoms with Gasteiger partial charge in [-0.2, -0.15) is 0 Å². The summed E-state index contributed by atoms with van der Waals surface area (Å²) in [4.78, 5) is 11.9. The molecule has 126 valence electrons. The van der Waals surface area contributed by atoms with Crippen LogP contribution in [0, 0.1) is 0 Å². The normalized spacial score (nSPS) is 11.0. The van der Waals surface area contributed by atoms with Crippen molar-refractivity contribution in [3.8, 4) is 0 Å². The minimum Gasteiger partial charge on any atom is -1.00 e. The summed E-state index contributed by atoms with van der Waals surface area (Å²) in [5.41, 5.74) is 0.669. The number of carbonyl (C=O) groups is 1. The van der Waals surface area contributed by atoms with Crippen molar-refractivity contribution in [3.05, 3.63) is 12.2 Å². The third-order valence-corrected chi connectivity index (χ3v) is 3.99. The smallest absolute Gasteiger partial charge is 0.340 e. The van der Waals surface area contributed by atoms with Crippen LogP contribution in [-0.2, 0) is 4.79 Å². The van der Waals surface area contributed by atoms with Crippen molar-refractivity contribution < 1.29 is 21.7 Å². The van der Waals surface area contributed by atoms with Crippen molar-refractivity contribution in [2.45, 2.75) is 78.1 Å². The summed E-state index contributed by atoms with van der Waals surface area (Å²) in [6.07, 6.45) is 13.4. The number of halogens is 1. The Balaban J connectivity index is 0. The predicted molar refractivity (Wildman–Crippen MR) is 88.6 cm³/mol. The van der Waals surface area contributed by atoms with Crippen molar-refractivity contribution in [2.24, 2.45) is 0 Å². The Morgan fingerprint density at radius 1 is 0.857 bits per heavy atom. The first-order valence-corrected chi connectivity index (χ1v) is 8.45. The second-order valence-electron chi connectivity index (χ2n) is 6.68. The lowest BCUT2D eigenvalue weighted by atomic mass is 10.1. The maximum absolute atomic E-state index is 11.9. The Morgan fingerprint density at radius 3 is 1.62 bits per heavy atom. The lowest BCUT2D eigenvalue weighted by molar-refractivity contribution is -0.812. The van der Waals surface area contributed by atoms with Gasteiger partial charge in [0, 0.05) is 5.57 Å². The van der Waals surface area contributed by atoms with Crippen LogP contribution >= 0.6 is 0 Å². The fraction of sp³-hybridized carbons (Fsp3) is 0.833. The highest BCUT2D eigenvalue weighted by atomic mass is 35.5. The number of rotatable bonds is 12. The van der Waals surface area contributed by atoms with Gasteiger partial charge in [0.15, 0.2) is 0 Å². The van der Waals surface area contributed by atoms with Crippen molar-refractivity contribution in [1.29, 1.82) is 0 Å². The molecule has 0 radical (unpaired) electrons. The molecule has 0 heterocycles. The lowest BCUT2D eigenvalue weighted by Crippen LogP contribution is -3.00. The van der Waals surface area contributed by atoms with E-state index in [1.807, 2.05) is 14.1 Å². The van der Waals surface area contributed by atoms with E-state index in [-0.39, 0.29) is 18.3 Å². The second kappa shape index (κ2) is 13.3. The average Bonchev–Trinajstić information content (AvgIpc) is 2.39. The molecule has 0 aromatic carbocycles. The van der Waals surface area contributed by atoms with Crippen LogP contribution in [0.3, 0.4) is 0 Å². The maximum atomic E-state index is 11.9. The monoisotopic (exact) mass is 317 g/mol. The number of quaternary nitrogens is 1.